The second kappa shape index (κ2) is 8.98. The van der Waals surface area contributed by atoms with Crippen molar-refractivity contribution in [3.8, 4) is 0 Å². The molecule has 30 heavy (non-hydrogen) atoms. The first-order valence-electron chi connectivity index (χ1n) is 11.3. The van der Waals surface area contributed by atoms with Crippen LogP contribution in [0.2, 0.25) is 0 Å². The molecule has 2 bridgehead atoms. The first-order valence-corrected chi connectivity index (χ1v) is 13.1. The van der Waals surface area contributed by atoms with Crippen LogP contribution in [0.1, 0.15) is 51.9 Å². The maximum Gasteiger partial charge on any atom is 0.244 e. The number of alkyl halides is 1. The Labute approximate surface area is 190 Å². The van der Waals surface area contributed by atoms with Crippen LogP contribution in [0.5, 0.6) is 0 Å². The van der Waals surface area contributed by atoms with Gasteiger partial charge in [-0.1, -0.05) is 42.1 Å². The first kappa shape index (κ1) is 22.4. The number of thioether (sulfide) groups is 1. The van der Waals surface area contributed by atoms with E-state index in [9.17, 15) is 19.5 Å². The number of nitrogens with one attached hydrogen (secondary N) is 2. The summed E-state index contributed by atoms with van der Waals surface area (Å²) in [6, 6.07) is -0.483. The topological polar surface area (TPSA) is 98.7 Å². The SMILES string of the molecule is CCCNC(=O)[C@H]1[C@H]2C(=O)N(CCO)C(C(=O)NC3CCCCC3)C23CC(Br)[C@@H]1S3. The summed E-state index contributed by atoms with van der Waals surface area (Å²) in [6.07, 6.45) is 6.89. The summed E-state index contributed by atoms with van der Waals surface area (Å²) in [5.74, 6) is -1.31. The maximum absolute atomic E-state index is 13.5. The fourth-order valence-electron chi connectivity index (χ4n) is 5.97. The number of amides is 3. The van der Waals surface area contributed by atoms with Crippen molar-refractivity contribution in [1.82, 2.24) is 15.5 Å². The molecular weight excluding hydrogens is 470 g/mol. The Kier molecular flexibility index (Phi) is 6.70. The predicted octanol–water partition coefficient (Wildman–Crippen LogP) is 1.42. The minimum absolute atomic E-state index is 0.0166. The van der Waals surface area contributed by atoms with E-state index in [1.807, 2.05) is 6.92 Å². The first-order chi connectivity index (χ1) is 14.4. The summed E-state index contributed by atoms with van der Waals surface area (Å²) in [4.78, 5) is 41.7. The third-order valence-electron chi connectivity index (χ3n) is 7.18. The van der Waals surface area contributed by atoms with Crippen molar-refractivity contribution in [2.75, 3.05) is 19.7 Å². The molecule has 3 aliphatic heterocycles. The monoisotopic (exact) mass is 501 g/mol. The number of carbonyl (C=O) groups excluding carboxylic acids is 3. The predicted molar refractivity (Wildman–Crippen MR) is 119 cm³/mol. The Hall–Kier alpha value is -0.800. The van der Waals surface area contributed by atoms with Gasteiger partial charge in [0.25, 0.3) is 0 Å². The number of rotatable bonds is 7. The molecule has 3 N–H and O–H groups in total. The van der Waals surface area contributed by atoms with Crippen LogP contribution < -0.4 is 10.6 Å². The molecule has 6 atom stereocenters. The zero-order valence-electron chi connectivity index (χ0n) is 17.4. The van der Waals surface area contributed by atoms with Crippen molar-refractivity contribution in [1.29, 1.82) is 0 Å². The number of aliphatic hydroxyl groups excluding tert-OH is 1. The van der Waals surface area contributed by atoms with E-state index >= 15 is 0 Å². The van der Waals surface area contributed by atoms with Crippen LogP contribution in [0.25, 0.3) is 0 Å². The standard InChI is InChI=1S/C21H32BrN3O4S/c1-2-8-23-18(27)14-15-20(29)25(9-10-26)17(21(15)11-13(22)16(14)30-21)19(28)24-12-6-4-3-5-7-12/h12-17,26H,2-11H2,1H3,(H,23,27)(H,24,28)/t13?,14-,15-,16-,17?,21?/m0/s1. The molecule has 0 radical (unpaired) electrons. The third kappa shape index (κ3) is 3.58. The number of aliphatic hydroxyl groups is 1. The molecule has 4 rings (SSSR count). The van der Waals surface area contributed by atoms with E-state index < -0.39 is 22.6 Å². The summed E-state index contributed by atoms with van der Waals surface area (Å²) in [7, 11) is 0. The number of halogens is 1. The van der Waals surface area contributed by atoms with Crippen LogP contribution in [-0.2, 0) is 14.4 Å². The molecule has 4 aliphatic rings. The molecule has 7 nitrogen and oxygen atoms in total. The van der Waals surface area contributed by atoms with Crippen LogP contribution >= 0.6 is 27.7 Å². The molecule has 1 aliphatic carbocycles. The average molecular weight is 502 g/mol. The lowest BCUT2D eigenvalue weighted by Crippen LogP contribution is -2.56. The van der Waals surface area contributed by atoms with Crippen molar-refractivity contribution in [3.63, 3.8) is 0 Å². The number of carbonyl (C=O) groups is 3. The summed E-state index contributed by atoms with van der Waals surface area (Å²) in [5.41, 5.74) is 0. The minimum atomic E-state index is -0.636. The Morgan fingerprint density at radius 1 is 1.27 bits per heavy atom. The average Bonchev–Trinajstić information content (AvgIpc) is 3.31. The van der Waals surface area contributed by atoms with E-state index in [4.69, 9.17) is 0 Å². The van der Waals surface area contributed by atoms with Crippen LogP contribution in [0.3, 0.4) is 0 Å². The molecule has 0 aromatic heterocycles. The van der Waals surface area contributed by atoms with E-state index in [-0.39, 0.29) is 47.0 Å². The zero-order valence-corrected chi connectivity index (χ0v) is 19.8. The number of β-amino-alcohol motifs (C(OH)–C–C–N with tert-alkyl or cyclic N) is 1. The van der Waals surface area contributed by atoms with Gasteiger partial charge in [0.15, 0.2) is 0 Å². The summed E-state index contributed by atoms with van der Waals surface area (Å²) < 4.78 is -0.613. The van der Waals surface area contributed by atoms with Crippen LogP contribution in [0, 0.1) is 11.8 Å². The van der Waals surface area contributed by atoms with Gasteiger partial charge in [0.05, 0.1) is 23.2 Å². The highest BCUT2D eigenvalue weighted by atomic mass is 79.9. The van der Waals surface area contributed by atoms with Crippen molar-refractivity contribution in [3.05, 3.63) is 0 Å². The molecule has 3 heterocycles. The highest BCUT2D eigenvalue weighted by Gasteiger charge is 2.75. The van der Waals surface area contributed by atoms with E-state index in [2.05, 4.69) is 26.6 Å². The quantitative estimate of drug-likeness (QED) is 0.458. The molecule has 3 saturated heterocycles. The van der Waals surface area contributed by atoms with E-state index in [0.29, 0.717) is 13.0 Å². The molecule has 0 aromatic carbocycles. The van der Waals surface area contributed by atoms with Gasteiger partial charge in [-0.15, -0.1) is 11.8 Å². The number of hydrogen-bond acceptors (Lipinski definition) is 5. The maximum atomic E-state index is 13.5. The Balaban J connectivity index is 1.63. The molecule has 1 saturated carbocycles. The zero-order chi connectivity index (χ0) is 21.5. The van der Waals surface area contributed by atoms with Crippen molar-refractivity contribution in [2.24, 2.45) is 11.8 Å². The van der Waals surface area contributed by atoms with E-state index in [1.54, 1.807) is 16.7 Å². The van der Waals surface area contributed by atoms with Gasteiger partial charge in [0.1, 0.15) is 6.04 Å². The number of nitrogens with zero attached hydrogens (tertiary/aromatic N) is 1. The van der Waals surface area contributed by atoms with Crippen LogP contribution in [-0.4, -0.2) is 74.3 Å². The van der Waals surface area contributed by atoms with Crippen LogP contribution in [0.15, 0.2) is 0 Å². The lowest BCUT2D eigenvalue weighted by atomic mass is 9.70. The normalized spacial score (nSPS) is 38.0. The summed E-state index contributed by atoms with van der Waals surface area (Å²) >= 11 is 5.39. The molecule has 0 aromatic rings. The lowest BCUT2D eigenvalue weighted by molar-refractivity contribution is -0.140. The van der Waals surface area contributed by atoms with Gasteiger partial charge in [-0.2, -0.15) is 0 Å². The summed E-state index contributed by atoms with van der Waals surface area (Å²) in [5, 5.41) is 15.8. The van der Waals surface area contributed by atoms with Crippen molar-refractivity contribution >= 4 is 45.4 Å². The fourth-order valence-corrected chi connectivity index (χ4v) is 9.58. The molecule has 4 fully saturated rings. The molecular formula is C21H32BrN3O4S. The Bertz CT molecular complexity index is 704. The van der Waals surface area contributed by atoms with E-state index in [0.717, 1.165) is 32.1 Å². The Morgan fingerprint density at radius 3 is 2.67 bits per heavy atom. The van der Waals surface area contributed by atoms with Gasteiger partial charge < -0.3 is 20.6 Å². The second-order valence-corrected chi connectivity index (χ2v) is 11.8. The highest BCUT2D eigenvalue weighted by molar-refractivity contribution is 9.09. The highest BCUT2D eigenvalue weighted by Crippen LogP contribution is 2.67. The largest absolute Gasteiger partial charge is 0.395 e. The molecule has 3 amide bonds. The Morgan fingerprint density at radius 2 is 2.00 bits per heavy atom. The van der Waals surface area contributed by atoms with Crippen molar-refractivity contribution in [2.45, 2.75) is 78.8 Å². The molecule has 1 spiro atoms. The number of fused-ring (bicyclic) bond motifs is 1. The third-order valence-corrected chi connectivity index (χ3v) is 10.4. The van der Waals surface area contributed by atoms with Gasteiger partial charge in [-0.25, -0.2) is 0 Å². The van der Waals surface area contributed by atoms with E-state index in [1.165, 1.54) is 6.42 Å². The second-order valence-electron chi connectivity index (χ2n) is 9.05. The van der Waals surface area contributed by atoms with Gasteiger partial charge >= 0.3 is 0 Å². The minimum Gasteiger partial charge on any atom is -0.395 e. The van der Waals surface area contributed by atoms with Gasteiger partial charge in [0.2, 0.25) is 17.7 Å². The number of likely N-dealkylation sites (tertiary alicyclic amines) is 1. The van der Waals surface area contributed by atoms with Crippen molar-refractivity contribution < 1.29 is 19.5 Å². The van der Waals surface area contributed by atoms with Gasteiger partial charge in [0, 0.05) is 29.2 Å². The smallest absolute Gasteiger partial charge is 0.244 e. The van der Waals surface area contributed by atoms with Gasteiger partial charge in [-0.3, -0.25) is 14.4 Å². The number of hydrogen-bond donors (Lipinski definition) is 3. The molecule has 3 unspecified atom stereocenters. The fraction of sp³-hybridized carbons (Fsp3) is 0.857. The summed E-state index contributed by atoms with van der Waals surface area (Å²) in [6.45, 7) is 2.51. The van der Waals surface area contributed by atoms with Gasteiger partial charge in [-0.05, 0) is 25.7 Å². The molecule has 168 valence electrons. The van der Waals surface area contributed by atoms with Crippen LogP contribution in [0.4, 0.5) is 0 Å². The molecule has 9 heteroatoms. The lowest BCUT2D eigenvalue weighted by Gasteiger charge is -2.36.